The Balaban J connectivity index is 1.79. The summed E-state index contributed by atoms with van der Waals surface area (Å²) in [5, 5.41) is 10.4. The van der Waals surface area contributed by atoms with Gasteiger partial charge >= 0.3 is 6.09 Å². The molecule has 2 aromatic heterocycles. The number of carbonyl (C=O) groups excluding carboxylic acids is 1. The molecule has 0 bridgehead atoms. The highest BCUT2D eigenvalue weighted by molar-refractivity contribution is 5.67. The summed E-state index contributed by atoms with van der Waals surface area (Å²) in [6.45, 7) is 10.6. The molecule has 0 aliphatic carbocycles. The number of aryl methyl sites for hydroxylation is 1. The number of nitrogens with zero attached hydrogens (tertiary/aromatic N) is 3. The Kier molecular flexibility index (Phi) is 5.20. The number of alkyl carbamates (subject to hydrolysis) is 1. The average Bonchev–Trinajstić information content (AvgIpc) is 2.80. The second-order valence-corrected chi connectivity index (χ2v) is 6.72. The zero-order chi connectivity index (χ0) is 17.0. The summed E-state index contributed by atoms with van der Waals surface area (Å²) < 4.78 is 6.98. The van der Waals surface area contributed by atoms with E-state index in [-0.39, 0.29) is 6.04 Å². The van der Waals surface area contributed by atoms with E-state index in [1.54, 1.807) is 4.52 Å². The molecule has 0 spiro atoms. The van der Waals surface area contributed by atoms with E-state index in [9.17, 15) is 4.79 Å². The van der Waals surface area contributed by atoms with E-state index in [0.717, 1.165) is 16.9 Å². The Hall–Kier alpha value is -2.15. The van der Waals surface area contributed by atoms with E-state index in [1.165, 1.54) is 0 Å². The number of ether oxygens (including phenoxy) is 1. The van der Waals surface area contributed by atoms with Gasteiger partial charge < -0.3 is 15.4 Å². The van der Waals surface area contributed by atoms with Gasteiger partial charge in [0.2, 0.25) is 0 Å². The van der Waals surface area contributed by atoms with Crippen molar-refractivity contribution in [2.45, 2.75) is 52.8 Å². The smallest absolute Gasteiger partial charge is 0.407 e. The van der Waals surface area contributed by atoms with Crippen molar-refractivity contribution in [1.82, 2.24) is 25.2 Å². The number of hydrogen-bond acceptors (Lipinski definition) is 5. The van der Waals surface area contributed by atoms with Crippen LogP contribution in [0.5, 0.6) is 0 Å². The van der Waals surface area contributed by atoms with Crippen LogP contribution < -0.4 is 10.6 Å². The molecule has 2 rings (SSSR count). The number of nitrogens with one attached hydrogen (secondary N) is 2. The van der Waals surface area contributed by atoms with Gasteiger partial charge in [-0.1, -0.05) is 0 Å². The maximum Gasteiger partial charge on any atom is 0.407 e. The molecule has 7 nitrogen and oxygen atoms in total. The molecule has 0 radical (unpaired) electrons. The summed E-state index contributed by atoms with van der Waals surface area (Å²) in [5.41, 5.74) is 2.33. The minimum absolute atomic E-state index is 0.109. The first-order valence-electron chi connectivity index (χ1n) is 7.74. The van der Waals surface area contributed by atoms with Crippen molar-refractivity contribution in [3.63, 3.8) is 0 Å². The monoisotopic (exact) mass is 319 g/mol. The zero-order valence-corrected chi connectivity index (χ0v) is 14.4. The second-order valence-electron chi connectivity index (χ2n) is 6.72. The van der Waals surface area contributed by atoms with Crippen molar-refractivity contribution >= 4 is 11.7 Å². The van der Waals surface area contributed by atoms with Gasteiger partial charge in [0, 0.05) is 43.2 Å². The molecule has 0 aliphatic rings. The van der Waals surface area contributed by atoms with Crippen molar-refractivity contribution in [1.29, 1.82) is 0 Å². The van der Waals surface area contributed by atoms with Crippen LogP contribution in [0.4, 0.5) is 4.79 Å². The summed E-state index contributed by atoms with van der Waals surface area (Å²) in [4.78, 5) is 16.0. The van der Waals surface area contributed by atoms with Gasteiger partial charge in [-0.05, 0) is 34.6 Å². The molecule has 126 valence electrons. The summed E-state index contributed by atoms with van der Waals surface area (Å²) in [6, 6.07) is 2.04. The van der Waals surface area contributed by atoms with Gasteiger partial charge in [0.15, 0.2) is 5.65 Å². The number of amides is 1. The lowest BCUT2D eigenvalue weighted by Gasteiger charge is -2.21. The zero-order valence-electron chi connectivity index (χ0n) is 14.4. The minimum atomic E-state index is -0.482. The van der Waals surface area contributed by atoms with E-state index in [2.05, 4.69) is 20.7 Å². The van der Waals surface area contributed by atoms with Crippen LogP contribution in [0.3, 0.4) is 0 Å². The maximum absolute atomic E-state index is 11.6. The fourth-order valence-corrected chi connectivity index (χ4v) is 2.04. The van der Waals surface area contributed by atoms with Gasteiger partial charge in [-0.2, -0.15) is 5.10 Å². The van der Waals surface area contributed by atoms with Crippen LogP contribution in [0.1, 0.15) is 39.0 Å². The van der Waals surface area contributed by atoms with Gasteiger partial charge in [0.05, 0.1) is 5.69 Å². The molecule has 2 heterocycles. The molecule has 0 aliphatic heterocycles. The maximum atomic E-state index is 11.6. The molecule has 0 saturated carbocycles. The van der Waals surface area contributed by atoms with Crippen molar-refractivity contribution in [3.8, 4) is 0 Å². The third kappa shape index (κ3) is 5.52. The molecule has 1 unspecified atom stereocenters. The third-order valence-corrected chi connectivity index (χ3v) is 3.10. The van der Waals surface area contributed by atoms with Crippen LogP contribution in [-0.4, -0.2) is 38.9 Å². The van der Waals surface area contributed by atoms with Gasteiger partial charge in [0.1, 0.15) is 5.60 Å². The molecule has 0 aromatic carbocycles. The van der Waals surface area contributed by atoms with Crippen LogP contribution >= 0.6 is 0 Å². The molecular formula is C16H25N5O2. The van der Waals surface area contributed by atoms with E-state index >= 15 is 0 Å². The molecule has 1 amide bonds. The van der Waals surface area contributed by atoms with E-state index in [1.807, 2.05) is 53.1 Å². The lowest BCUT2D eigenvalue weighted by molar-refractivity contribution is 0.0523. The van der Waals surface area contributed by atoms with Crippen molar-refractivity contribution in [2.24, 2.45) is 0 Å². The van der Waals surface area contributed by atoms with E-state index < -0.39 is 11.7 Å². The Bertz CT molecular complexity index is 675. The highest BCUT2D eigenvalue weighted by Crippen LogP contribution is 2.07. The van der Waals surface area contributed by atoms with Crippen molar-refractivity contribution in [2.75, 3.05) is 6.54 Å². The summed E-state index contributed by atoms with van der Waals surface area (Å²) in [7, 11) is 0. The molecule has 0 saturated heterocycles. The Labute approximate surface area is 136 Å². The fraction of sp³-hybridized carbons (Fsp3) is 0.562. The molecule has 7 heteroatoms. The van der Waals surface area contributed by atoms with Crippen molar-refractivity contribution in [3.05, 3.63) is 29.7 Å². The Morgan fingerprint density at radius 3 is 2.87 bits per heavy atom. The summed E-state index contributed by atoms with van der Waals surface area (Å²) in [6.07, 6.45) is 3.38. The SMILES string of the molecule is Cc1cc2ncc(CNC(C)CNC(=O)OC(C)(C)C)cn2n1. The second kappa shape index (κ2) is 6.95. The number of aromatic nitrogens is 3. The predicted octanol–water partition coefficient (Wildman–Crippen LogP) is 2.04. The first kappa shape index (κ1) is 17.2. The Morgan fingerprint density at radius 2 is 2.17 bits per heavy atom. The van der Waals surface area contributed by atoms with Gasteiger partial charge in [0.25, 0.3) is 0 Å². The molecular weight excluding hydrogens is 294 g/mol. The largest absolute Gasteiger partial charge is 0.444 e. The molecule has 1 atom stereocenters. The average molecular weight is 319 g/mol. The molecule has 2 N–H and O–H groups in total. The van der Waals surface area contributed by atoms with Gasteiger partial charge in [-0.15, -0.1) is 0 Å². The highest BCUT2D eigenvalue weighted by atomic mass is 16.6. The predicted molar refractivity (Wildman–Crippen MR) is 88.3 cm³/mol. The first-order chi connectivity index (χ1) is 10.7. The first-order valence-corrected chi connectivity index (χ1v) is 7.74. The number of fused-ring (bicyclic) bond motifs is 1. The van der Waals surface area contributed by atoms with Crippen molar-refractivity contribution < 1.29 is 9.53 Å². The van der Waals surface area contributed by atoms with Gasteiger partial charge in [-0.25, -0.2) is 14.3 Å². The number of carbonyl (C=O) groups is 1. The fourth-order valence-electron chi connectivity index (χ4n) is 2.04. The van der Waals surface area contributed by atoms with Crippen LogP contribution in [0.2, 0.25) is 0 Å². The van der Waals surface area contributed by atoms with Gasteiger partial charge in [-0.3, -0.25) is 0 Å². The molecule has 2 aromatic rings. The minimum Gasteiger partial charge on any atom is -0.444 e. The standard InChI is InChI=1S/C16H25N5O2/c1-11-6-14-18-9-13(10-21(14)20-11)8-17-12(2)7-19-15(22)23-16(3,4)5/h6,9-10,12,17H,7-8H2,1-5H3,(H,19,22). The lowest BCUT2D eigenvalue weighted by atomic mass is 10.2. The molecule has 0 fully saturated rings. The van der Waals surface area contributed by atoms with Crippen LogP contribution in [-0.2, 0) is 11.3 Å². The van der Waals surface area contributed by atoms with Crippen LogP contribution in [0, 0.1) is 6.92 Å². The summed E-state index contributed by atoms with van der Waals surface area (Å²) >= 11 is 0. The Morgan fingerprint density at radius 1 is 1.43 bits per heavy atom. The molecule has 23 heavy (non-hydrogen) atoms. The highest BCUT2D eigenvalue weighted by Gasteiger charge is 2.16. The third-order valence-electron chi connectivity index (χ3n) is 3.10. The van der Waals surface area contributed by atoms with E-state index in [4.69, 9.17) is 4.74 Å². The normalized spacial score (nSPS) is 13.1. The summed E-state index contributed by atoms with van der Waals surface area (Å²) in [5.74, 6) is 0. The van der Waals surface area contributed by atoms with Crippen LogP contribution in [0.25, 0.3) is 5.65 Å². The van der Waals surface area contributed by atoms with Crippen LogP contribution in [0.15, 0.2) is 18.5 Å². The number of hydrogen-bond donors (Lipinski definition) is 2. The quantitative estimate of drug-likeness (QED) is 0.881. The topological polar surface area (TPSA) is 80.5 Å². The van der Waals surface area contributed by atoms with E-state index in [0.29, 0.717) is 13.1 Å². The lowest BCUT2D eigenvalue weighted by Crippen LogP contribution is -2.41. The number of rotatable bonds is 5.